The molecule has 1 aliphatic carbocycles. The lowest BCUT2D eigenvalue weighted by molar-refractivity contribution is -0.194. The van der Waals surface area contributed by atoms with Crippen LogP contribution in [0.2, 0.25) is 0 Å². The van der Waals surface area contributed by atoms with E-state index in [0.29, 0.717) is 5.57 Å². The van der Waals surface area contributed by atoms with Crippen LogP contribution in [0.5, 0.6) is 0 Å². The Hall–Kier alpha value is -2.64. The van der Waals surface area contributed by atoms with Gasteiger partial charge in [-0.2, -0.15) is 0 Å². The van der Waals surface area contributed by atoms with Crippen molar-refractivity contribution in [3.05, 3.63) is 24.3 Å². The molecular weight excluding hydrogens is 320 g/mol. The summed E-state index contributed by atoms with van der Waals surface area (Å²) in [5.41, 5.74) is 0.367. The molecule has 1 rings (SSSR count). The van der Waals surface area contributed by atoms with E-state index in [4.69, 9.17) is 18.9 Å². The number of carbonyl (C=O) groups is 4. The topological polar surface area (TPSA) is 105 Å². The average molecular weight is 340 g/mol. The van der Waals surface area contributed by atoms with Crippen molar-refractivity contribution >= 4 is 23.9 Å². The summed E-state index contributed by atoms with van der Waals surface area (Å²) in [6.07, 6.45) is -1.59. The van der Waals surface area contributed by atoms with Crippen LogP contribution in [-0.4, -0.2) is 48.3 Å². The summed E-state index contributed by atoms with van der Waals surface area (Å²) in [7, 11) is 0. The van der Waals surface area contributed by atoms with E-state index in [1.807, 2.05) is 0 Å². The number of hydrogen-bond acceptors (Lipinski definition) is 8. The molecule has 0 aromatic rings. The second-order valence-corrected chi connectivity index (χ2v) is 5.12. The molecule has 132 valence electrons. The van der Waals surface area contributed by atoms with Gasteiger partial charge in [0.05, 0.1) is 0 Å². The van der Waals surface area contributed by atoms with Crippen molar-refractivity contribution in [1.29, 1.82) is 0 Å². The molecule has 0 amide bonds. The van der Waals surface area contributed by atoms with Crippen LogP contribution in [0.3, 0.4) is 0 Å². The number of esters is 4. The second kappa shape index (κ2) is 8.28. The van der Waals surface area contributed by atoms with Gasteiger partial charge in [-0.15, -0.1) is 0 Å². The minimum atomic E-state index is -1.18. The number of ether oxygens (including phenoxy) is 4. The normalized spacial score (nSPS) is 25.8. The summed E-state index contributed by atoms with van der Waals surface area (Å²) in [6, 6.07) is 0. The molecule has 0 bridgehead atoms. The van der Waals surface area contributed by atoms with Crippen molar-refractivity contribution in [3.8, 4) is 0 Å². The third-order valence-corrected chi connectivity index (χ3v) is 3.07. The first-order valence-electron chi connectivity index (χ1n) is 7.18. The Morgan fingerprint density at radius 3 is 1.71 bits per heavy atom. The van der Waals surface area contributed by atoms with Crippen LogP contribution in [0, 0.1) is 0 Å². The zero-order valence-electron chi connectivity index (χ0n) is 13.9. The largest absolute Gasteiger partial charge is 0.454 e. The maximum atomic E-state index is 11.4. The number of hydrogen-bond donors (Lipinski definition) is 0. The molecule has 0 spiro atoms. The van der Waals surface area contributed by atoms with E-state index in [9.17, 15) is 19.2 Å². The summed E-state index contributed by atoms with van der Waals surface area (Å²) in [5.74, 6) is -2.60. The summed E-state index contributed by atoms with van der Waals surface area (Å²) in [5, 5.41) is 0. The fourth-order valence-corrected chi connectivity index (χ4v) is 2.37. The van der Waals surface area contributed by atoms with E-state index in [0.717, 1.165) is 13.8 Å². The number of carbonyl (C=O) groups excluding carboxylic acids is 4. The molecule has 0 saturated heterocycles. The monoisotopic (exact) mass is 340 g/mol. The van der Waals surface area contributed by atoms with Gasteiger partial charge in [0, 0.05) is 27.7 Å². The van der Waals surface area contributed by atoms with E-state index >= 15 is 0 Å². The minimum absolute atomic E-state index is 0.367. The molecule has 0 aliphatic heterocycles. The first-order chi connectivity index (χ1) is 11.1. The minimum Gasteiger partial charge on any atom is -0.454 e. The highest BCUT2D eigenvalue weighted by Crippen LogP contribution is 2.30. The van der Waals surface area contributed by atoms with Crippen LogP contribution in [0.1, 0.15) is 27.7 Å². The molecule has 4 atom stereocenters. The van der Waals surface area contributed by atoms with Gasteiger partial charge in [-0.1, -0.05) is 12.7 Å². The summed E-state index contributed by atoms with van der Waals surface area (Å²) in [4.78, 5) is 45.5. The Kier molecular flexibility index (Phi) is 6.69. The predicted molar refractivity (Wildman–Crippen MR) is 80.5 cm³/mol. The molecule has 0 saturated carbocycles. The quantitative estimate of drug-likeness (QED) is 0.535. The molecular formula is C16H20O8. The van der Waals surface area contributed by atoms with Gasteiger partial charge in [0.1, 0.15) is 0 Å². The Morgan fingerprint density at radius 2 is 1.29 bits per heavy atom. The first kappa shape index (κ1) is 19.4. The van der Waals surface area contributed by atoms with E-state index < -0.39 is 48.3 Å². The average Bonchev–Trinajstić information content (AvgIpc) is 2.42. The van der Waals surface area contributed by atoms with Crippen molar-refractivity contribution in [2.45, 2.75) is 52.1 Å². The molecule has 0 N–H and O–H groups in total. The van der Waals surface area contributed by atoms with Crippen molar-refractivity contribution in [2.24, 2.45) is 0 Å². The Morgan fingerprint density at radius 1 is 0.833 bits per heavy atom. The van der Waals surface area contributed by atoms with Gasteiger partial charge in [0.15, 0.2) is 24.4 Å². The van der Waals surface area contributed by atoms with Gasteiger partial charge in [-0.25, -0.2) is 0 Å². The highest BCUT2D eigenvalue weighted by molar-refractivity contribution is 5.70. The third-order valence-electron chi connectivity index (χ3n) is 3.07. The maximum absolute atomic E-state index is 11.4. The zero-order valence-corrected chi connectivity index (χ0v) is 13.9. The second-order valence-electron chi connectivity index (χ2n) is 5.12. The molecule has 0 radical (unpaired) electrons. The van der Waals surface area contributed by atoms with Crippen molar-refractivity contribution in [2.75, 3.05) is 0 Å². The lowest BCUT2D eigenvalue weighted by Gasteiger charge is -2.38. The van der Waals surface area contributed by atoms with E-state index in [1.165, 1.54) is 26.0 Å². The number of rotatable bonds is 5. The molecule has 0 aromatic heterocycles. The van der Waals surface area contributed by atoms with Crippen molar-refractivity contribution in [3.63, 3.8) is 0 Å². The smallest absolute Gasteiger partial charge is 0.303 e. The van der Waals surface area contributed by atoms with E-state index in [-0.39, 0.29) is 0 Å². The molecule has 0 unspecified atom stereocenters. The molecule has 8 heteroatoms. The van der Waals surface area contributed by atoms with Gasteiger partial charge in [-0.3, -0.25) is 19.2 Å². The molecule has 0 aromatic carbocycles. The molecule has 8 nitrogen and oxygen atoms in total. The molecule has 24 heavy (non-hydrogen) atoms. The van der Waals surface area contributed by atoms with Crippen LogP contribution in [0.15, 0.2) is 24.3 Å². The molecule has 0 heterocycles. The maximum Gasteiger partial charge on any atom is 0.303 e. The van der Waals surface area contributed by atoms with Crippen LogP contribution in [0.25, 0.3) is 0 Å². The lowest BCUT2D eigenvalue weighted by Crippen LogP contribution is -2.54. The van der Waals surface area contributed by atoms with Crippen molar-refractivity contribution < 1.29 is 38.1 Å². The Balaban J connectivity index is 3.36. The molecule has 1 aliphatic rings. The predicted octanol–water partition coefficient (Wildman–Crippen LogP) is 0.839. The van der Waals surface area contributed by atoms with Gasteiger partial charge in [-0.05, 0) is 11.6 Å². The van der Waals surface area contributed by atoms with E-state index in [2.05, 4.69) is 6.58 Å². The highest BCUT2D eigenvalue weighted by Gasteiger charge is 2.47. The van der Waals surface area contributed by atoms with E-state index in [1.54, 1.807) is 0 Å². The van der Waals surface area contributed by atoms with Crippen LogP contribution < -0.4 is 0 Å². The van der Waals surface area contributed by atoms with Crippen LogP contribution >= 0.6 is 0 Å². The van der Waals surface area contributed by atoms with Gasteiger partial charge in [0.2, 0.25) is 0 Å². The first-order valence-corrected chi connectivity index (χ1v) is 7.18. The standard InChI is InChI=1S/C16H20O8/c1-6-12-7-13(21-8(2)17)15(23-10(4)19)16(24-11(5)20)14(12)22-9(3)18/h6-7,13-16H,1H2,2-5H3/t13-,14+,15+,16-/m1/s1. The van der Waals surface area contributed by atoms with Crippen molar-refractivity contribution in [1.82, 2.24) is 0 Å². The molecule has 0 fully saturated rings. The van der Waals surface area contributed by atoms with Gasteiger partial charge >= 0.3 is 23.9 Å². The Labute approximate surface area is 139 Å². The highest BCUT2D eigenvalue weighted by atomic mass is 16.6. The van der Waals surface area contributed by atoms with Gasteiger partial charge in [0.25, 0.3) is 0 Å². The third kappa shape index (κ3) is 5.22. The fourth-order valence-electron chi connectivity index (χ4n) is 2.37. The van der Waals surface area contributed by atoms with Crippen LogP contribution in [-0.2, 0) is 38.1 Å². The summed E-state index contributed by atoms with van der Waals surface area (Å²) < 4.78 is 20.7. The fraction of sp³-hybridized carbons (Fsp3) is 0.500. The summed E-state index contributed by atoms with van der Waals surface area (Å²) >= 11 is 0. The summed E-state index contributed by atoms with van der Waals surface area (Å²) in [6.45, 7) is 8.29. The lowest BCUT2D eigenvalue weighted by atomic mass is 9.88. The Bertz CT molecular complexity index is 577. The zero-order chi connectivity index (χ0) is 18.4. The van der Waals surface area contributed by atoms with Gasteiger partial charge < -0.3 is 18.9 Å². The van der Waals surface area contributed by atoms with Crippen LogP contribution in [0.4, 0.5) is 0 Å². The SMILES string of the molecule is C=CC1=C[C@@H](OC(C)=O)[C@H](OC(C)=O)[C@H](OC(C)=O)[C@H]1OC(C)=O.